The van der Waals surface area contributed by atoms with Crippen molar-refractivity contribution >= 4 is 23.1 Å². The molecule has 0 aliphatic carbocycles. The molecule has 26 heavy (non-hydrogen) atoms. The molecule has 0 atom stereocenters. The molecule has 3 rings (SSSR count). The maximum absolute atomic E-state index is 13.7. The number of ether oxygens (including phenoxy) is 1. The highest BCUT2D eigenvalue weighted by Crippen LogP contribution is 2.23. The molecule has 0 bridgehead atoms. The minimum Gasteiger partial charge on any atom is -0.494 e. The Hall–Kier alpha value is -3.36. The molecule has 9 heteroatoms. The first-order chi connectivity index (χ1) is 12.6. The quantitative estimate of drug-likeness (QED) is 0.642. The first-order valence-electron chi connectivity index (χ1n) is 7.67. The number of aromatic nitrogens is 3. The number of hydrogen-bond acceptors (Lipinski definition) is 6. The van der Waals surface area contributed by atoms with Gasteiger partial charge in [-0.3, -0.25) is 0 Å². The van der Waals surface area contributed by atoms with Crippen molar-refractivity contribution in [1.29, 1.82) is 0 Å². The van der Waals surface area contributed by atoms with E-state index in [9.17, 15) is 13.2 Å². The summed E-state index contributed by atoms with van der Waals surface area (Å²) in [5, 5.41) is 12.9. The van der Waals surface area contributed by atoms with E-state index in [-0.39, 0.29) is 11.6 Å². The minimum atomic E-state index is -1.58. The Morgan fingerprint density at radius 3 is 2.46 bits per heavy atom. The molecule has 0 aliphatic heterocycles. The lowest BCUT2D eigenvalue weighted by Gasteiger charge is -2.09. The van der Waals surface area contributed by atoms with Crippen LogP contribution >= 0.6 is 0 Å². The number of nitrogens with one attached hydrogen (secondary N) is 2. The van der Waals surface area contributed by atoms with Crippen molar-refractivity contribution in [3.63, 3.8) is 0 Å². The number of nitrogens with zero attached hydrogens (tertiary/aromatic N) is 3. The van der Waals surface area contributed by atoms with Crippen LogP contribution in [0.1, 0.15) is 6.92 Å². The monoisotopic (exact) mass is 361 g/mol. The molecule has 2 aromatic carbocycles. The van der Waals surface area contributed by atoms with E-state index in [1.54, 1.807) is 24.3 Å². The van der Waals surface area contributed by atoms with E-state index < -0.39 is 17.5 Å². The van der Waals surface area contributed by atoms with Crippen LogP contribution in [-0.4, -0.2) is 21.8 Å². The van der Waals surface area contributed by atoms with Gasteiger partial charge in [0.1, 0.15) is 5.75 Å². The molecule has 134 valence electrons. The first-order valence-corrected chi connectivity index (χ1v) is 7.67. The lowest BCUT2D eigenvalue weighted by Crippen LogP contribution is -2.05. The highest BCUT2D eigenvalue weighted by Gasteiger charge is 2.14. The molecular weight excluding hydrogens is 347 g/mol. The van der Waals surface area contributed by atoms with Crippen molar-refractivity contribution in [2.45, 2.75) is 6.92 Å². The zero-order chi connectivity index (χ0) is 18.5. The van der Waals surface area contributed by atoms with Gasteiger partial charge < -0.3 is 15.4 Å². The minimum absolute atomic E-state index is 0.0779. The second-order valence-electron chi connectivity index (χ2n) is 5.10. The molecular formula is C17H14F3N5O. The summed E-state index contributed by atoms with van der Waals surface area (Å²) in [6.45, 7) is 2.46. The summed E-state index contributed by atoms with van der Waals surface area (Å²) in [4.78, 5) is 4.11. The predicted octanol–water partition coefficient (Wildman–Crippen LogP) is 4.17. The van der Waals surface area contributed by atoms with Gasteiger partial charge in [0.05, 0.1) is 18.5 Å². The predicted molar refractivity (Wildman–Crippen MR) is 90.3 cm³/mol. The number of hydrogen-bond donors (Lipinski definition) is 2. The van der Waals surface area contributed by atoms with Crippen molar-refractivity contribution in [1.82, 2.24) is 15.2 Å². The lowest BCUT2D eigenvalue weighted by atomic mass is 10.3. The van der Waals surface area contributed by atoms with Gasteiger partial charge in [-0.15, -0.1) is 5.10 Å². The molecule has 3 aromatic rings. The molecule has 0 amide bonds. The number of rotatable bonds is 6. The van der Waals surface area contributed by atoms with Gasteiger partial charge in [0.2, 0.25) is 5.95 Å². The molecule has 2 N–H and O–H groups in total. The van der Waals surface area contributed by atoms with Gasteiger partial charge in [-0.2, -0.15) is 10.1 Å². The van der Waals surface area contributed by atoms with E-state index in [0.717, 1.165) is 23.6 Å². The summed E-state index contributed by atoms with van der Waals surface area (Å²) in [6.07, 6.45) is 1.36. The zero-order valence-electron chi connectivity index (χ0n) is 13.6. The largest absolute Gasteiger partial charge is 0.494 e. The van der Waals surface area contributed by atoms with Gasteiger partial charge in [0, 0.05) is 5.69 Å². The van der Waals surface area contributed by atoms with Crippen LogP contribution in [-0.2, 0) is 0 Å². The average molecular weight is 361 g/mol. The van der Waals surface area contributed by atoms with Gasteiger partial charge in [-0.25, -0.2) is 13.2 Å². The van der Waals surface area contributed by atoms with E-state index in [4.69, 9.17) is 4.74 Å². The van der Waals surface area contributed by atoms with Gasteiger partial charge in [-0.05, 0) is 43.3 Å². The smallest absolute Gasteiger partial charge is 0.249 e. The maximum Gasteiger partial charge on any atom is 0.249 e. The first kappa shape index (κ1) is 17.5. The Labute approximate surface area is 147 Å². The third-order valence-electron chi connectivity index (χ3n) is 3.28. The molecule has 0 aliphatic rings. The lowest BCUT2D eigenvalue weighted by molar-refractivity contribution is 0.340. The summed E-state index contributed by atoms with van der Waals surface area (Å²) < 4.78 is 45.3. The topological polar surface area (TPSA) is 72.0 Å². The summed E-state index contributed by atoms with van der Waals surface area (Å²) in [5.41, 5.74) is 0.419. The van der Waals surface area contributed by atoms with Gasteiger partial charge in [-0.1, -0.05) is 0 Å². The number of benzene rings is 2. The zero-order valence-corrected chi connectivity index (χ0v) is 13.6. The fraction of sp³-hybridized carbons (Fsp3) is 0.118. The molecule has 0 unspecified atom stereocenters. The van der Waals surface area contributed by atoms with Crippen molar-refractivity contribution in [3.8, 4) is 5.75 Å². The molecule has 6 nitrogen and oxygen atoms in total. The average Bonchev–Trinajstić information content (AvgIpc) is 2.64. The van der Waals surface area contributed by atoms with E-state index in [1.165, 1.54) is 6.20 Å². The number of halogens is 3. The Balaban J connectivity index is 1.75. The normalized spacial score (nSPS) is 10.5. The Morgan fingerprint density at radius 1 is 0.962 bits per heavy atom. The Kier molecular flexibility index (Phi) is 5.16. The Bertz CT molecular complexity index is 905. The SMILES string of the molecule is CCOc1ccc(Nc2cnnc(Nc3ccc(F)c(F)c3F)n2)cc1. The molecule has 0 saturated heterocycles. The van der Waals surface area contributed by atoms with Gasteiger partial charge >= 0.3 is 0 Å². The van der Waals surface area contributed by atoms with Crippen LogP contribution < -0.4 is 15.4 Å². The highest BCUT2D eigenvalue weighted by atomic mass is 19.2. The van der Waals surface area contributed by atoms with E-state index >= 15 is 0 Å². The van der Waals surface area contributed by atoms with E-state index in [1.807, 2.05) is 6.92 Å². The summed E-state index contributed by atoms with van der Waals surface area (Å²) in [7, 11) is 0. The highest BCUT2D eigenvalue weighted by molar-refractivity contribution is 5.59. The van der Waals surface area contributed by atoms with Crippen LogP contribution in [0, 0.1) is 17.5 Å². The standard InChI is InChI=1S/C17H14F3N5O/c1-2-26-11-5-3-10(4-6-11)22-14-9-21-25-17(24-14)23-13-8-7-12(18)15(19)16(13)20/h3-9H,2H2,1H3,(H2,22,23,24,25). The fourth-order valence-corrected chi connectivity index (χ4v) is 2.11. The molecule has 0 radical (unpaired) electrons. The third-order valence-corrected chi connectivity index (χ3v) is 3.28. The Morgan fingerprint density at radius 2 is 1.73 bits per heavy atom. The summed E-state index contributed by atoms with van der Waals surface area (Å²) in [5.74, 6) is -3.24. The van der Waals surface area contributed by atoms with Crippen LogP contribution in [0.2, 0.25) is 0 Å². The van der Waals surface area contributed by atoms with Crippen LogP contribution in [0.5, 0.6) is 5.75 Å². The number of anilines is 4. The van der Waals surface area contributed by atoms with Crippen LogP contribution in [0.15, 0.2) is 42.6 Å². The molecule has 0 saturated carbocycles. The third kappa shape index (κ3) is 4.00. The molecule has 1 aromatic heterocycles. The second kappa shape index (κ2) is 7.68. The summed E-state index contributed by atoms with van der Waals surface area (Å²) in [6, 6.07) is 9.00. The van der Waals surface area contributed by atoms with Gasteiger partial charge in [0.15, 0.2) is 23.3 Å². The molecule has 1 heterocycles. The van der Waals surface area contributed by atoms with Gasteiger partial charge in [0.25, 0.3) is 0 Å². The second-order valence-corrected chi connectivity index (χ2v) is 5.10. The maximum atomic E-state index is 13.7. The summed E-state index contributed by atoms with van der Waals surface area (Å²) >= 11 is 0. The van der Waals surface area contributed by atoms with E-state index in [2.05, 4.69) is 25.8 Å². The van der Waals surface area contributed by atoms with Crippen molar-refractivity contribution < 1.29 is 17.9 Å². The van der Waals surface area contributed by atoms with Crippen molar-refractivity contribution in [2.75, 3.05) is 17.2 Å². The van der Waals surface area contributed by atoms with Crippen LogP contribution in [0.25, 0.3) is 0 Å². The van der Waals surface area contributed by atoms with Crippen LogP contribution in [0.4, 0.5) is 36.3 Å². The molecule has 0 fully saturated rings. The van der Waals surface area contributed by atoms with E-state index in [0.29, 0.717) is 12.4 Å². The molecule has 0 spiro atoms. The van der Waals surface area contributed by atoms with Crippen molar-refractivity contribution in [2.24, 2.45) is 0 Å². The van der Waals surface area contributed by atoms with Crippen molar-refractivity contribution in [3.05, 3.63) is 60.0 Å². The van der Waals surface area contributed by atoms with Crippen LogP contribution in [0.3, 0.4) is 0 Å². The fourth-order valence-electron chi connectivity index (χ4n) is 2.11.